The van der Waals surface area contributed by atoms with Crippen LogP contribution in [0.15, 0.2) is 18.3 Å². The maximum Gasteiger partial charge on any atom is 0.165 e. The molecular weight excluding hydrogens is 195 g/mol. The Bertz CT molecular complexity index is 332. The van der Waals surface area contributed by atoms with Crippen molar-refractivity contribution in [3.63, 3.8) is 0 Å². The summed E-state index contributed by atoms with van der Waals surface area (Å²) in [5, 5.41) is 3.11. The summed E-state index contributed by atoms with van der Waals surface area (Å²) in [5.41, 5.74) is 0. The van der Waals surface area contributed by atoms with Crippen LogP contribution in [-0.2, 0) is 4.74 Å². The predicted molar refractivity (Wildman–Crippen MR) is 56.3 cm³/mol. The molecule has 1 heterocycles. The molecule has 1 fully saturated rings. The highest BCUT2D eigenvalue weighted by atomic mass is 19.1. The third-order valence-corrected chi connectivity index (χ3v) is 2.82. The van der Waals surface area contributed by atoms with Gasteiger partial charge in [-0.3, -0.25) is 0 Å². The van der Waals surface area contributed by atoms with Crippen molar-refractivity contribution in [2.75, 3.05) is 12.4 Å². The molecule has 0 radical (unpaired) electrons. The van der Waals surface area contributed by atoms with Crippen LogP contribution in [0.4, 0.5) is 10.2 Å². The van der Waals surface area contributed by atoms with Gasteiger partial charge in [-0.1, -0.05) is 0 Å². The number of anilines is 1. The number of ether oxygens (including phenoxy) is 1. The van der Waals surface area contributed by atoms with Crippen LogP contribution in [0, 0.1) is 5.82 Å². The van der Waals surface area contributed by atoms with Gasteiger partial charge in [0.1, 0.15) is 0 Å². The average molecular weight is 210 g/mol. The van der Waals surface area contributed by atoms with Gasteiger partial charge in [0, 0.05) is 19.3 Å². The zero-order chi connectivity index (χ0) is 10.7. The van der Waals surface area contributed by atoms with Crippen LogP contribution < -0.4 is 5.32 Å². The molecule has 0 saturated heterocycles. The van der Waals surface area contributed by atoms with Gasteiger partial charge in [0.15, 0.2) is 11.6 Å². The fraction of sp³-hybridized carbons (Fsp3) is 0.545. The lowest BCUT2D eigenvalue weighted by Gasteiger charge is -2.13. The Balaban J connectivity index is 1.96. The number of rotatable bonds is 3. The quantitative estimate of drug-likeness (QED) is 0.830. The predicted octanol–water partition coefficient (Wildman–Crippen LogP) is 2.20. The Morgan fingerprint density at radius 3 is 3.07 bits per heavy atom. The van der Waals surface area contributed by atoms with Gasteiger partial charge in [0.05, 0.1) is 6.10 Å². The lowest BCUT2D eigenvalue weighted by Crippen LogP contribution is -2.18. The Morgan fingerprint density at radius 1 is 1.53 bits per heavy atom. The summed E-state index contributed by atoms with van der Waals surface area (Å²) < 4.78 is 18.5. The van der Waals surface area contributed by atoms with Crippen molar-refractivity contribution in [2.24, 2.45) is 0 Å². The molecule has 1 N–H and O–H groups in total. The molecule has 1 aromatic heterocycles. The molecule has 4 heteroatoms. The molecule has 82 valence electrons. The van der Waals surface area contributed by atoms with Gasteiger partial charge < -0.3 is 10.1 Å². The van der Waals surface area contributed by atoms with E-state index in [1.165, 1.54) is 6.07 Å². The van der Waals surface area contributed by atoms with Gasteiger partial charge in [-0.05, 0) is 31.4 Å². The van der Waals surface area contributed by atoms with Crippen molar-refractivity contribution in [3.8, 4) is 0 Å². The number of pyridine rings is 1. The van der Waals surface area contributed by atoms with Crippen molar-refractivity contribution in [2.45, 2.75) is 31.4 Å². The molecule has 3 nitrogen and oxygen atoms in total. The van der Waals surface area contributed by atoms with E-state index in [9.17, 15) is 4.39 Å². The fourth-order valence-corrected chi connectivity index (χ4v) is 1.97. The molecule has 0 aromatic carbocycles. The van der Waals surface area contributed by atoms with E-state index in [-0.39, 0.29) is 11.9 Å². The maximum atomic E-state index is 13.3. The van der Waals surface area contributed by atoms with Crippen LogP contribution in [0.25, 0.3) is 0 Å². The van der Waals surface area contributed by atoms with E-state index < -0.39 is 0 Å². The number of hydrogen-bond donors (Lipinski definition) is 1. The summed E-state index contributed by atoms with van der Waals surface area (Å²) in [6, 6.07) is 3.28. The standard InChI is InChI=1S/C11H15FN2O/c1-15-9-5-4-8(7-9)14-11-10(12)3-2-6-13-11/h2-3,6,8-9H,4-5,7H2,1H3,(H,13,14). The molecular formula is C11H15FN2O. The summed E-state index contributed by atoms with van der Waals surface area (Å²) in [5.74, 6) is 0.0534. The highest BCUT2D eigenvalue weighted by molar-refractivity contribution is 5.36. The molecule has 2 unspecified atom stereocenters. The summed E-state index contributed by atoms with van der Waals surface area (Å²) in [6.45, 7) is 0. The molecule has 0 spiro atoms. The number of nitrogens with zero attached hydrogens (tertiary/aromatic N) is 1. The minimum absolute atomic E-state index is 0.277. The SMILES string of the molecule is COC1CCC(Nc2ncccc2F)C1. The van der Waals surface area contributed by atoms with Crippen LogP contribution in [-0.4, -0.2) is 24.2 Å². The van der Waals surface area contributed by atoms with Gasteiger partial charge in [-0.15, -0.1) is 0 Å². The van der Waals surface area contributed by atoms with Crippen LogP contribution in [0.3, 0.4) is 0 Å². The normalized spacial score (nSPS) is 25.5. The smallest absolute Gasteiger partial charge is 0.165 e. The van der Waals surface area contributed by atoms with Crippen molar-refractivity contribution in [3.05, 3.63) is 24.1 Å². The molecule has 15 heavy (non-hydrogen) atoms. The first-order valence-electron chi connectivity index (χ1n) is 5.19. The zero-order valence-corrected chi connectivity index (χ0v) is 8.74. The second kappa shape index (κ2) is 4.57. The Labute approximate surface area is 88.7 Å². The average Bonchev–Trinajstić information content (AvgIpc) is 2.69. The van der Waals surface area contributed by atoms with Crippen LogP contribution in [0.1, 0.15) is 19.3 Å². The zero-order valence-electron chi connectivity index (χ0n) is 8.74. The van der Waals surface area contributed by atoms with E-state index in [4.69, 9.17) is 4.74 Å². The van der Waals surface area contributed by atoms with Crippen molar-refractivity contribution in [1.82, 2.24) is 4.98 Å². The van der Waals surface area contributed by atoms with Gasteiger partial charge >= 0.3 is 0 Å². The van der Waals surface area contributed by atoms with E-state index in [1.54, 1.807) is 19.4 Å². The van der Waals surface area contributed by atoms with Crippen LogP contribution >= 0.6 is 0 Å². The van der Waals surface area contributed by atoms with Crippen LogP contribution in [0.5, 0.6) is 0 Å². The number of nitrogens with one attached hydrogen (secondary N) is 1. The summed E-state index contributed by atoms with van der Waals surface area (Å²) >= 11 is 0. The minimum Gasteiger partial charge on any atom is -0.381 e. The molecule has 1 aromatic rings. The number of hydrogen-bond acceptors (Lipinski definition) is 3. The monoisotopic (exact) mass is 210 g/mol. The largest absolute Gasteiger partial charge is 0.381 e. The van der Waals surface area contributed by atoms with Gasteiger partial charge in [-0.2, -0.15) is 0 Å². The number of methoxy groups -OCH3 is 1. The molecule has 1 aliphatic rings. The van der Waals surface area contributed by atoms with E-state index >= 15 is 0 Å². The molecule has 1 aliphatic carbocycles. The Hall–Kier alpha value is -1.16. The van der Waals surface area contributed by atoms with Crippen molar-refractivity contribution < 1.29 is 9.13 Å². The molecule has 0 aliphatic heterocycles. The second-order valence-corrected chi connectivity index (χ2v) is 3.85. The fourth-order valence-electron chi connectivity index (χ4n) is 1.97. The van der Waals surface area contributed by atoms with Crippen molar-refractivity contribution >= 4 is 5.82 Å². The highest BCUT2D eigenvalue weighted by Crippen LogP contribution is 2.24. The molecule has 2 rings (SSSR count). The van der Waals surface area contributed by atoms with Gasteiger partial charge in [0.2, 0.25) is 0 Å². The lowest BCUT2D eigenvalue weighted by atomic mass is 10.2. The number of aromatic nitrogens is 1. The van der Waals surface area contributed by atoms with Crippen molar-refractivity contribution in [1.29, 1.82) is 0 Å². The van der Waals surface area contributed by atoms with E-state index in [0.717, 1.165) is 19.3 Å². The van der Waals surface area contributed by atoms with E-state index in [1.807, 2.05) is 0 Å². The van der Waals surface area contributed by atoms with E-state index in [0.29, 0.717) is 11.9 Å². The maximum absolute atomic E-state index is 13.3. The first kappa shape index (κ1) is 10.4. The second-order valence-electron chi connectivity index (χ2n) is 3.85. The third kappa shape index (κ3) is 2.45. The van der Waals surface area contributed by atoms with Crippen LogP contribution in [0.2, 0.25) is 0 Å². The Kier molecular flexibility index (Phi) is 3.16. The number of halogens is 1. The summed E-state index contributed by atoms with van der Waals surface area (Å²) in [7, 11) is 1.72. The molecule has 2 atom stereocenters. The summed E-state index contributed by atoms with van der Waals surface area (Å²) in [6.07, 6.45) is 4.85. The molecule has 0 bridgehead atoms. The third-order valence-electron chi connectivity index (χ3n) is 2.82. The van der Waals surface area contributed by atoms with Gasteiger partial charge in [-0.25, -0.2) is 9.37 Å². The summed E-state index contributed by atoms with van der Waals surface area (Å²) in [4.78, 5) is 3.97. The lowest BCUT2D eigenvalue weighted by molar-refractivity contribution is 0.108. The molecule has 1 saturated carbocycles. The first-order chi connectivity index (χ1) is 7.29. The minimum atomic E-state index is -0.293. The first-order valence-corrected chi connectivity index (χ1v) is 5.19. The molecule has 0 amide bonds. The van der Waals surface area contributed by atoms with Gasteiger partial charge in [0.25, 0.3) is 0 Å². The topological polar surface area (TPSA) is 34.1 Å². The van der Waals surface area contributed by atoms with E-state index in [2.05, 4.69) is 10.3 Å². The Morgan fingerprint density at radius 2 is 2.40 bits per heavy atom. The highest BCUT2D eigenvalue weighted by Gasteiger charge is 2.24.